The largest absolute Gasteiger partial charge is 0.481 e. The van der Waals surface area contributed by atoms with Crippen molar-refractivity contribution in [3.63, 3.8) is 0 Å². The number of piperazine rings is 1. The molecule has 1 aliphatic carbocycles. The topological polar surface area (TPSA) is 56.7 Å². The summed E-state index contributed by atoms with van der Waals surface area (Å²) in [5, 5.41) is 8.89. The molecule has 0 unspecified atom stereocenters. The van der Waals surface area contributed by atoms with Gasteiger partial charge in [-0.2, -0.15) is 0 Å². The van der Waals surface area contributed by atoms with E-state index in [1.807, 2.05) is 12.4 Å². The van der Waals surface area contributed by atoms with Crippen molar-refractivity contribution in [2.45, 2.75) is 38.5 Å². The molecule has 3 rings (SSSR count). The molecule has 0 amide bonds. The number of hydrogen-bond acceptors (Lipinski definition) is 4. The van der Waals surface area contributed by atoms with Gasteiger partial charge >= 0.3 is 5.97 Å². The average Bonchev–Trinajstić information content (AvgIpc) is 2.62. The molecule has 1 N–H and O–H groups in total. The minimum atomic E-state index is -0.634. The number of pyridine rings is 1. The predicted octanol–water partition coefficient (Wildman–Crippen LogP) is 2.87. The second-order valence-corrected chi connectivity index (χ2v) is 7.31. The van der Waals surface area contributed by atoms with Gasteiger partial charge < -0.3 is 10.0 Å². The first-order valence-corrected chi connectivity index (χ1v) is 9.30. The second-order valence-electron chi connectivity index (χ2n) is 7.31. The molecule has 0 radical (unpaired) electrons. The molecule has 0 bridgehead atoms. The summed E-state index contributed by atoms with van der Waals surface area (Å²) in [4.78, 5) is 19.9. The van der Waals surface area contributed by atoms with Gasteiger partial charge in [-0.25, -0.2) is 0 Å². The summed E-state index contributed by atoms with van der Waals surface area (Å²) in [6.45, 7) is 5.65. The van der Waals surface area contributed by atoms with Crippen molar-refractivity contribution in [1.82, 2.24) is 9.88 Å². The van der Waals surface area contributed by atoms with Crippen LogP contribution in [0.3, 0.4) is 0 Å². The van der Waals surface area contributed by atoms with Gasteiger partial charge in [0.25, 0.3) is 0 Å². The lowest BCUT2D eigenvalue weighted by Crippen LogP contribution is -2.46. The van der Waals surface area contributed by atoms with Gasteiger partial charge in [0.15, 0.2) is 0 Å². The highest BCUT2D eigenvalue weighted by Gasteiger charge is 2.24. The number of carboxylic acid groups (broad SMARTS) is 1. The predicted molar refractivity (Wildman–Crippen MR) is 95.2 cm³/mol. The molecule has 24 heavy (non-hydrogen) atoms. The van der Waals surface area contributed by atoms with Gasteiger partial charge in [0, 0.05) is 50.7 Å². The molecule has 1 aromatic rings. The minimum absolute atomic E-state index is 0.365. The maximum atomic E-state index is 10.8. The summed E-state index contributed by atoms with van der Waals surface area (Å²) in [6.07, 6.45) is 10.0. The third kappa shape index (κ3) is 4.94. The molecule has 0 aromatic carbocycles. The van der Waals surface area contributed by atoms with E-state index in [0.717, 1.165) is 44.9 Å². The molecule has 2 aliphatic rings. The number of carboxylic acids is 1. The van der Waals surface area contributed by atoms with Crippen molar-refractivity contribution >= 4 is 11.7 Å². The van der Waals surface area contributed by atoms with E-state index in [2.05, 4.69) is 26.9 Å². The van der Waals surface area contributed by atoms with Gasteiger partial charge in [-0.05, 0) is 49.8 Å². The van der Waals surface area contributed by atoms with E-state index in [9.17, 15) is 4.79 Å². The minimum Gasteiger partial charge on any atom is -0.481 e. The molecule has 2 heterocycles. The van der Waals surface area contributed by atoms with Crippen LogP contribution in [0.2, 0.25) is 0 Å². The molecular weight excluding hydrogens is 302 g/mol. The third-order valence-electron chi connectivity index (χ3n) is 5.68. The van der Waals surface area contributed by atoms with Crippen molar-refractivity contribution in [3.05, 3.63) is 24.5 Å². The molecule has 0 spiro atoms. The van der Waals surface area contributed by atoms with Gasteiger partial charge in [0.1, 0.15) is 0 Å². The van der Waals surface area contributed by atoms with Crippen LogP contribution in [0, 0.1) is 11.8 Å². The molecule has 0 atom stereocenters. The van der Waals surface area contributed by atoms with Gasteiger partial charge in [0.05, 0.1) is 0 Å². The number of aromatic nitrogens is 1. The van der Waals surface area contributed by atoms with Crippen molar-refractivity contribution in [3.8, 4) is 0 Å². The summed E-state index contributed by atoms with van der Waals surface area (Å²) >= 11 is 0. The van der Waals surface area contributed by atoms with E-state index in [0.29, 0.717) is 12.3 Å². The molecule has 1 saturated carbocycles. The van der Waals surface area contributed by atoms with Crippen LogP contribution in [-0.4, -0.2) is 53.7 Å². The Balaban J connectivity index is 1.33. The van der Waals surface area contributed by atoms with Crippen LogP contribution < -0.4 is 4.90 Å². The Hall–Kier alpha value is -1.62. The number of anilines is 1. The summed E-state index contributed by atoms with van der Waals surface area (Å²) < 4.78 is 0. The Morgan fingerprint density at radius 2 is 1.67 bits per heavy atom. The highest BCUT2D eigenvalue weighted by Crippen LogP contribution is 2.32. The standard InChI is InChI=1S/C19H29N3O2/c23-19(24)15-17-3-1-16(2-4-17)7-10-21-11-13-22(14-12-21)18-5-8-20-9-6-18/h5-6,8-9,16-17H,1-4,7,10-15H2,(H,23,24). The van der Waals surface area contributed by atoms with Crippen LogP contribution in [0.5, 0.6) is 0 Å². The first-order valence-electron chi connectivity index (χ1n) is 9.30. The number of carbonyl (C=O) groups is 1. The van der Waals surface area contributed by atoms with Crippen molar-refractivity contribution in [2.75, 3.05) is 37.6 Å². The van der Waals surface area contributed by atoms with Crippen LogP contribution >= 0.6 is 0 Å². The Labute approximate surface area is 144 Å². The number of rotatable bonds is 6. The van der Waals surface area contributed by atoms with E-state index >= 15 is 0 Å². The van der Waals surface area contributed by atoms with Crippen LogP contribution in [0.1, 0.15) is 38.5 Å². The first kappa shape index (κ1) is 17.2. The third-order valence-corrected chi connectivity index (χ3v) is 5.68. The number of nitrogens with zero attached hydrogens (tertiary/aromatic N) is 3. The number of hydrogen-bond donors (Lipinski definition) is 1. The summed E-state index contributed by atoms with van der Waals surface area (Å²) in [6, 6.07) is 4.18. The van der Waals surface area contributed by atoms with Crippen LogP contribution in [0.25, 0.3) is 0 Å². The zero-order chi connectivity index (χ0) is 16.8. The van der Waals surface area contributed by atoms with E-state index in [4.69, 9.17) is 5.11 Å². The molecule has 1 saturated heterocycles. The monoisotopic (exact) mass is 331 g/mol. The van der Waals surface area contributed by atoms with Crippen molar-refractivity contribution < 1.29 is 9.90 Å². The van der Waals surface area contributed by atoms with Crippen LogP contribution in [0.4, 0.5) is 5.69 Å². The first-order chi connectivity index (χ1) is 11.7. The van der Waals surface area contributed by atoms with Gasteiger partial charge in [-0.1, -0.05) is 12.8 Å². The summed E-state index contributed by atoms with van der Waals surface area (Å²) in [5.74, 6) is 0.585. The Kier molecular flexibility index (Phi) is 6.07. The highest BCUT2D eigenvalue weighted by molar-refractivity contribution is 5.67. The quantitative estimate of drug-likeness (QED) is 0.868. The maximum absolute atomic E-state index is 10.8. The SMILES string of the molecule is O=C(O)CC1CCC(CCN2CCN(c3ccncc3)CC2)CC1. The molecule has 1 aliphatic heterocycles. The zero-order valence-electron chi connectivity index (χ0n) is 14.4. The normalized spacial score (nSPS) is 25.6. The average molecular weight is 331 g/mol. The lowest BCUT2D eigenvalue weighted by molar-refractivity contribution is -0.138. The maximum Gasteiger partial charge on any atom is 0.303 e. The Morgan fingerprint density at radius 3 is 2.29 bits per heavy atom. The van der Waals surface area contributed by atoms with Gasteiger partial charge in [0.2, 0.25) is 0 Å². The lowest BCUT2D eigenvalue weighted by atomic mass is 9.79. The lowest BCUT2D eigenvalue weighted by Gasteiger charge is -2.37. The summed E-state index contributed by atoms with van der Waals surface area (Å²) in [5.41, 5.74) is 1.28. The van der Waals surface area contributed by atoms with Crippen LogP contribution in [0.15, 0.2) is 24.5 Å². The smallest absolute Gasteiger partial charge is 0.303 e. The Morgan fingerprint density at radius 1 is 1.04 bits per heavy atom. The molecule has 1 aromatic heterocycles. The van der Waals surface area contributed by atoms with E-state index in [1.165, 1.54) is 31.5 Å². The molecule has 132 valence electrons. The van der Waals surface area contributed by atoms with E-state index in [1.54, 1.807) is 0 Å². The second kappa shape index (κ2) is 8.47. The molecule has 5 heteroatoms. The fourth-order valence-corrected chi connectivity index (χ4v) is 4.12. The fraction of sp³-hybridized carbons (Fsp3) is 0.684. The molecule has 2 fully saturated rings. The Bertz CT molecular complexity index is 507. The van der Waals surface area contributed by atoms with Gasteiger partial charge in [-0.15, -0.1) is 0 Å². The van der Waals surface area contributed by atoms with E-state index in [-0.39, 0.29) is 0 Å². The summed E-state index contributed by atoms with van der Waals surface area (Å²) in [7, 11) is 0. The molecule has 5 nitrogen and oxygen atoms in total. The van der Waals surface area contributed by atoms with Crippen molar-refractivity contribution in [1.29, 1.82) is 0 Å². The number of aliphatic carboxylic acids is 1. The van der Waals surface area contributed by atoms with Gasteiger partial charge in [-0.3, -0.25) is 14.7 Å². The fourth-order valence-electron chi connectivity index (χ4n) is 4.12. The zero-order valence-corrected chi connectivity index (χ0v) is 14.4. The molecular formula is C19H29N3O2. The van der Waals surface area contributed by atoms with Crippen molar-refractivity contribution in [2.24, 2.45) is 11.8 Å². The van der Waals surface area contributed by atoms with Crippen LogP contribution in [-0.2, 0) is 4.79 Å². The van der Waals surface area contributed by atoms with E-state index < -0.39 is 5.97 Å². The highest BCUT2D eigenvalue weighted by atomic mass is 16.4.